The number of aromatic nitrogens is 2. The fourth-order valence-corrected chi connectivity index (χ4v) is 2.94. The van der Waals surface area contributed by atoms with Crippen LogP contribution in [0.4, 0.5) is 4.39 Å². The molecular weight excluding hydrogens is 435 g/mol. The molecule has 0 spiro atoms. The van der Waals surface area contributed by atoms with Gasteiger partial charge in [-0.1, -0.05) is 0 Å². The zero-order valence-electron chi connectivity index (χ0n) is 17.5. The summed E-state index contributed by atoms with van der Waals surface area (Å²) in [5.41, 5.74) is 1.23. The Bertz CT molecular complexity index is 944. The maximum absolute atomic E-state index is 13.5. The van der Waals surface area contributed by atoms with E-state index in [1.165, 1.54) is 24.6 Å². The average Bonchev–Trinajstić information content (AvgIpc) is 3.37. The number of carbonyl (C=O) groups is 2. The van der Waals surface area contributed by atoms with E-state index in [2.05, 4.69) is 4.98 Å². The third-order valence-electron chi connectivity index (χ3n) is 3.17. The molecule has 0 N–H and O–H groups in total. The molecule has 0 bridgehead atoms. The molecule has 12 heteroatoms. The molecule has 0 amide bonds. The molecule has 2 heterocycles. The van der Waals surface area contributed by atoms with Crippen LogP contribution in [0.1, 0.15) is 21.1 Å². The Morgan fingerprint density at radius 2 is 1.90 bits per heavy atom. The van der Waals surface area contributed by atoms with Crippen LogP contribution in [0.5, 0.6) is 0 Å². The van der Waals surface area contributed by atoms with Crippen molar-refractivity contribution in [3.8, 4) is 6.07 Å². The number of halogens is 1. The van der Waals surface area contributed by atoms with Gasteiger partial charge in [0.1, 0.15) is 25.4 Å². The monoisotopic (exact) mass is 453 g/mol. The van der Waals surface area contributed by atoms with Crippen LogP contribution in [0.15, 0.2) is 29.8 Å². The molecule has 0 atom stereocenters. The van der Waals surface area contributed by atoms with Crippen LogP contribution in [0, 0.1) is 17.1 Å². The van der Waals surface area contributed by atoms with Crippen molar-refractivity contribution in [1.82, 2.24) is 9.55 Å². The number of hydrogen-bond acceptors (Lipinski definition) is 8. The van der Waals surface area contributed by atoms with E-state index in [-0.39, 0.29) is 82.3 Å². The quantitative estimate of drug-likeness (QED) is 0.285. The third-order valence-corrected chi connectivity index (χ3v) is 4.01. The number of benzene rings is 1. The van der Waals surface area contributed by atoms with Crippen LogP contribution in [0.3, 0.4) is 0 Å². The fourth-order valence-electron chi connectivity index (χ4n) is 2.24. The topological polar surface area (TPSA) is 131 Å². The van der Waals surface area contributed by atoms with E-state index in [0.717, 1.165) is 25.6 Å². The standard InChI is InChI=1S/C15H10FN3O2S.2CH3O.CH2O.2Na/c1-21-8-19-6-12(11-4-9(16)2-3-13(11)19)14(20)15-18-10(5-17)7-22-15;3*1-2;;/h2-4,6-7H,8H2,1H3;2*1H3;1H2;;/q;2*-1;;2*+1. The van der Waals surface area contributed by atoms with E-state index in [1.807, 2.05) is 12.9 Å². The zero-order valence-corrected chi connectivity index (χ0v) is 22.3. The summed E-state index contributed by atoms with van der Waals surface area (Å²) in [5.74, 6) is -0.759. The first-order valence-corrected chi connectivity index (χ1v) is 8.30. The number of thiazole rings is 1. The molecule has 30 heavy (non-hydrogen) atoms. The summed E-state index contributed by atoms with van der Waals surface area (Å²) in [6.45, 7) is 2.25. The predicted octanol–water partition coefficient (Wildman–Crippen LogP) is -5.28. The Morgan fingerprint density at radius 3 is 2.40 bits per heavy atom. The SMILES string of the molecule is C=O.COCn1cc(C(=O)c2nc(C#N)cs2)c2cc(F)ccc21.C[O-].C[O-].[Na+].[Na+]. The predicted molar refractivity (Wildman–Crippen MR) is 98.1 cm³/mol. The maximum atomic E-state index is 13.5. The first-order valence-electron chi connectivity index (χ1n) is 7.42. The fraction of sp³-hybridized carbons (Fsp3) is 0.222. The first kappa shape index (κ1) is 33.7. The number of methoxy groups -OCH3 is 1. The van der Waals surface area contributed by atoms with Gasteiger partial charge in [0.15, 0.2) is 10.7 Å². The molecule has 0 fully saturated rings. The summed E-state index contributed by atoms with van der Waals surface area (Å²) in [6.07, 6.45) is 1.61. The molecule has 0 aliphatic carbocycles. The summed E-state index contributed by atoms with van der Waals surface area (Å²) >= 11 is 1.10. The Morgan fingerprint density at radius 1 is 1.30 bits per heavy atom. The number of fused-ring (bicyclic) bond motifs is 1. The van der Waals surface area contributed by atoms with E-state index in [0.29, 0.717) is 16.5 Å². The van der Waals surface area contributed by atoms with Crippen molar-refractivity contribution in [2.24, 2.45) is 0 Å². The van der Waals surface area contributed by atoms with Crippen LogP contribution < -0.4 is 69.3 Å². The number of nitrogens with zero attached hydrogens (tertiary/aromatic N) is 3. The van der Waals surface area contributed by atoms with Crippen LogP contribution in [-0.4, -0.2) is 43.5 Å². The van der Waals surface area contributed by atoms with Gasteiger partial charge in [0.05, 0.1) is 11.1 Å². The average molecular weight is 453 g/mol. The van der Waals surface area contributed by atoms with Gasteiger partial charge in [-0.25, -0.2) is 9.37 Å². The summed E-state index contributed by atoms with van der Waals surface area (Å²) in [4.78, 5) is 24.5. The number of nitriles is 1. The van der Waals surface area contributed by atoms with E-state index < -0.39 is 5.82 Å². The second-order valence-electron chi connectivity index (χ2n) is 4.57. The minimum atomic E-state index is -0.423. The van der Waals surface area contributed by atoms with Crippen LogP contribution in [-0.2, 0) is 16.3 Å². The van der Waals surface area contributed by atoms with Crippen molar-refractivity contribution < 1.29 is 88.0 Å². The molecule has 3 rings (SSSR count). The summed E-state index contributed by atoms with van der Waals surface area (Å²) in [7, 11) is 3.04. The van der Waals surface area contributed by atoms with Gasteiger partial charge in [-0.3, -0.25) is 4.79 Å². The summed E-state index contributed by atoms with van der Waals surface area (Å²) in [5, 5.41) is 27.5. The molecule has 8 nitrogen and oxygen atoms in total. The van der Waals surface area contributed by atoms with E-state index in [4.69, 9.17) is 25.0 Å². The van der Waals surface area contributed by atoms with Crippen molar-refractivity contribution in [3.05, 3.63) is 51.9 Å². The molecule has 1 aromatic carbocycles. The Kier molecular flexibility index (Phi) is 21.1. The van der Waals surface area contributed by atoms with Gasteiger partial charge in [0, 0.05) is 24.1 Å². The Balaban J connectivity index is -0.000000839. The van der Waals surface area contributed by atoms with Crippen LogP contribution in [0.25, 0.3) is 10.9 Å². The molecule has 2 aromatic heterocycles. The number of carbonyl (C=O) groups excluding carboxylic acids is 2. The van der Waals surface area contributed by atoms with Gasteiger partial charge in [-0.15, -0.1) is 11.3 Å². The first-order chi connectivity index (χ1) is 13.6. The van der Waals surface area contributed by atoms with Gasteiger partial charge < -0.3 is 24.3 Å². The van der Waals surface area contributed by atoms with Crippen molar-refractivity contribution in [2.45, 2.75) is 6.73 Å². The van der Waals surface area contributed by atoms with Crippen molar-refractivity contribution in [2.75, 3.05) is 21.3 Å². The molecule has 0 saturated heterocycles. The maximum Gasteiger partial charge on any atom is 1.00 e. The number of ketones is 1. The van der Waals surface area contributed by atoms with E-state index in [9.17, 15) is 9.18 Å². The molecule has 0 saturated carbocycles. The van der Waals surface area contributed by atoms with Crippen molar-refractivity contribution in [3.63, 3.8) is 0 Å². The van der Waals surface area contributed by atoms with Gasteiger partial charge >= 0.3 is 59.1 Å². The molecule has 0 radical (unpaired) electrons. The van der Waals surface area contributed by atoms with Gasteiger partial charge in [-0.2, -0.15) is 19.5 Å². The van der Waals surface area contributed by atoms with E-state index >= 15 is 0 Å². The zero-order chi connectivity index (χ0) is 21.7. The molecule has 150 valence electrons. The molecule has 0 aliphatic rings. The number of hydrogen-bond donors (Lipinski definition) is 0. The Labute approximate surface area is 221 Å². The second-order valence-corrected chi connectivity index (χ2v) is 5.43. The number of ether oxygens (including phenoxy) is 1. The smallest absolute Gasteiger partial charge is 0.857 e. The molecule has 3 aromatic rings. The van der Waals surface area contributed by atoms with Crippen molar-refractivity contribution in [1.29, 1.82) is 5.26 Å². The van der Waals surface area contributed by atoms with Crippen LogP contribution >= 0.6 is 11.3 Å². The van der Waals surface area contributed by atoms with E-state index in [1.54, 1.807) is 16.8 Å². The Hall–Kier alpha value is -0.970. The van der Waals surface area contributed by atoms with Crippen LogP contribution in [0.2, 0.25) is 0 Å². The molecule has 0 aliphatic heterocycles. The largest absolute Gasteiger partial charge is 1.00 e. The summed E-state index contributed by atoms with van der Waals surface area (Å²) < 4.78 is 20.3. The van der Waals surface area contributed by atoms with Gasteiger partial charge in [-0.05, 0) is 18.2 Å². The van der Waals surface area contributed by atoms with Gasteiger partial charge in [0.2, 0.25) is 5.78 Å². The minimum Gasteiger partial charge on any atom is -0.857 e. The second kappa shape index (κ2) is 18.8. The van der Waals surface area contributed by atoms with Gasteiger partial charge in [0.25, 0.3) is 0 Å². The normalized spacial score (nSPS) is 8.43. The molecule has 0 unspecified atom stereocenters. The minimum absolute atomic E-state index is 0. The summed E-state index contributed by atoms with van der Waals surface area (Å²) in [6, 6.07) is 6.13. The third kappa shape index (κ3) is 8.64. The molecular formula is C18H18FN3Na2O5S. The van der Waals surface area contributed by atoms with Crippen molar-refractivity contribution >= 4 is 34.8 Å². The number of rotatable bonds is 4.